The summed E-state index contributed by atoms with van der Waals surface area (Å²) in [5.41, 5.74) is 3.26. The predicted molar refractivity (Wildman–Crippen MR) is 122 cm³/mol. The van der Waals surface area contributed by atoms with E-state index in [0.29, 0.717) is 0 Å². The third-order valence-electron chi connectivity index (χ3n) is 6.23. The monoisotopic (exact) mass is 468 g/mol. The highest BCUT2D eigenvalue weighted by Gasteiger charge is 2.41. The number of carbonyl (C=O) groups excluding carboxylic acids is 2. The summed E-state index contributed by atoms with van der Waals surface area (Å²) in [6.07, 6.45) is -0.156. The minimum absolute atomic E-state index is 0.0233. The van der Waals surface area contributed by atoms with Gasteiger partial charge in [-0.3, -0.25) is 4.79 Å². The number of aliphatic carboxylic acids is 1. The van der Waals surface area contributed by atoms with Gasteiger partial charge in [-0.05, 0) is 22.3 Å². The zero-order chi connectivity index (χ0) is 24.0. The van der Waals surface area contributed by atoms with Crippen LogP contribution < -0.4 is 10.6 Å². The Balaban J connectivity index is 1.17. The van der Waals surface area contributed by atoms with Crippen LogP contribution in [0.1, 0.15) is 29.9 Å². The molecule has 1 heterocycles. The molecule has 1 fully saturated rings. The van der Waals surface area contributed by atoms with E-state index in [1.807, 2.05) is 24.3 Å². The van der Waals surface area contributed by atoms with Gasteiger partial charge in [-0.25, -0.2) is 9.59 Å². The summed E-state index contributed by atoms with van der Waals surface area (Å²) in [5, 5.41) is 14.6. The fourth-order valence-electron chi connectivity index (χ4n) is 4.45. The molecule has 1 saturated heterocycles. The number of hydrogen-bond acceptors (Lipinski definition) is 6. The zero-order valence-corrected chi connectivity index (χ0v) is 18.7. The largest absolute Gasteiger partial charge is 0.480 e. The second-order valence-corrected chi connectivity index (χ2v) is 8.35. The molecule has 34 heavy (non-hydrogen) atoms. The Morgan fingerprint density at radius 1 is 1.00 bits per heavy atom. The Kier molecular flexibility index (Phi) is 7.44. The Morgan fingerprint density at radius 3 is 2.24 bits per heavy atom. The molecule has 1 aliphatic carbocycles. The number of carboxylic acids is 1. The van der Waals surface area contributed by atoms with E-state index in [9.17, 15) is 19.5 Å². The van der Waals surface area contributed by atoms with Crippen molar-refractivity contribution in [1.29, 1.82) is 0 Å². The van der Waals surface area contributed by atoms with Crippen LogP contribution >= 0.6 is 0 Å². The lowest BCUT2D eigenvalue weighted by atomic mass is 9.90. The van der Waals surface area contributed by atoms with E-state index in [0.717, 1.165) is 22.3 Å². The maximum Gasteiger partial charge on any atom is 0.407 e. The van der Waals surface area contributed by atoms with Gasteiger partial charge in [0.15, 0.2) is 0 Å². The van der Waals surface area contributed by atoms with Crippen molar-refractivity contribution in [1.82, 2.24) is 10.6 Å². The summed E-state index contributed by atoms with van der Waals surface area (Å²) in [5.74, 6) is -1.63. The minimum atomic E-state index is -1.32. The van der Waals surface area contributed by atoms with Gasteiger partial charge < -0.3 is 30.0 Å². The fraction of sp³-hybridized carbons (Fsp3) is 0.400. The molecule has 3 N–H and O–H groups in total. The molecule has 180 valence electrons. The number of amides is 2. The second-order valence-electron chi connectivity index (χ2n) is 8.35. The van der Waals surface area contributed by atoms with Crippen molar-refractivity contribution in [2.75, 3.05) is 39.6 Å². The first-order valence-electron chi connectivity index (χ1n) is 11.3. The smallest absolute Gasteiger partial charge is 0.407 e. The topological polar surface area (TPSA) is 123 Å². The molecule has 0 bridgehead atoms. The summed E-state index contributed by atoms with van der Waals surface area (Å²) in [4.78, 5) is 35.9. The van der Waals surface area contributed by atoms with Crippen molar-refractivity contribution in [3.63, 3.8) is 0 Å². The summed E-state index contributed by atoms with van der Waals surface area (Å²) in [6, 6.07) is 16.2. The number of carbonyl (C=O) groups is 3. The second kappa shape index (κ2) is 10.7. The lowest BCUT2D eigenvalue weighted by Gasteiger charge is -2.33. The van der Waals surface area contributed by atoms with Gasteiger partial charge >= 0.3 is 12.1 Å². The van der Waals surface area contributed by atoms with Crippen molar-refractivity contribution in [3.8, 4) is 11.1 Å². The molecule has 1 aliphatic heterocycles. The van der Waals surface area contributed by atoms with Crippen LogP contribution in [0.5, 0.6) is 0 Å². The summed E-state index contributed by atoms with van der Waals surface area (Å²) in [7, 11) is 0. The first kappa shape index (κ1) is 23.7. The third kappa shape index (κ3) is 5.21. The van der Waals surface area contributed by atoms with Gasteiger partial charge in [0.25, 0.3) is 0 Å². The van der Waals surface area contributed by atoms with Crippen LogP contribution in [0.2, 0.25) is 0 Å². The molecule has 0 unspecified atom stereocenters. The molecule has 2 aliphatic rings. The van der Waals surface area contributed by atoms with Crippen LogP contribution in [0, 0.1) is 0 Å². The Labute approximate surface area is 197 Å². The molecule has 0 aromatic heterocycles. The SMILES string of the molecule is O=C(COCCNC(=O)OCC1c2ccccc2-c2ccccc21)NC1(C(=O)O)CCOCC1. The van der Waals surface area contributed by atoms with Crippen LogP contribution in [0.3, 0.4) is 0 Å². The third-order valence-corrected chi connectivity index (χ3v) is 6.23. The van der Waals surface area contributed by atoms with Crippen molar-refractivity contribution in [3.05, 3.63) is 59.7 Å². The summed E-state index contributed by atoms with van der Waals surface area (Å²) < 4.78 is 15.9. The van der Waals surface area contributed by atoms with E-state index in [1.165, 1.54) is 0 Å². The van der Waals surface area contributed by atoms with Gasteiger partial charge in [-0.1, -0.05) is 48.5 Å². The Morgan fingerprint density at radius 2 is 1.62 bits per heavy atom. The van der Waals surface area contributed by atoms with E-state index in [4.69, 9.17) is 14.2 Å². The normalized spacial score (nSPS) is 16.2. The molecule has 0 atom stereocenters. The maximum atomic E-state index is 12.2. The van der Waals surface area contributed by atoms with E-state index in [1.54, 1.807) is 0 Å². The molecule has 2 amide bonds. The number of carboxylic acid groups (broad SMARTS) is 1. The standard InChI is InChI=1S/C25H28N2O7/c28-22(27-25(23(29)30)9-12-32-13-10-25)16-33-14-11-26-24(31)34-15-21-19-7-3-1-5-17(19)18-6-2-4-8-20(18)21/h1-8,21H,9-16H2,(H,26,31)(H,27,28)(H,29,30). The van der Waals surface area contributed by atoms with Crippen LogP contribution in [0.15, 0.2) is 48.5 Å². The van der Waals surface area contributed by atoms with E-state index < -0.39 is 23.5 Å². The van der Waals surface area contributed by atoms with Crippen LogP contribution in [-0.4, -0.2) is 68.2 Å². The highest BCUT2D eigenvalue weighted by atomic mass is 16.5. The summed E-state index contributed by atoms with van der Waals surface area (Å²) in [6.45, 7) is 0.698. The van der Waals surface area contributed by atoms with E-state index in [2.05, 4.69) is 34.9 Å². The molecule has 0 saturated carbocycles. The first-order chi connectivity index (χ1) is 16.5. The zero-order valence-electron chi connectivity index (χ0n) is 18.7. The highest BCUT2D eigenvalue weighted by Crippen LogP contribution is 2.44. The highest BCUT2D eigenvalue weighted by molar-refractivity contribution is 5.87. The van der Waals surface area contributed by atoms with Crippen molar-refractivity contribution in [2.45, 2.75) is 24.3 Å². The Hall–Kier alpha value is -3.43. The lowest BCUT2D eigenvalue weighted by molar-refractivity contribution is -0.152. The molecule has 2 aromatic rings. The van der Waals surface area contributed by atoms with Gasteiger partial charge in [-0.15, -0.1) is 0 Å². The average molecular weight is 469 g/mol. The van der Waals surface area contributed by atoms with Crippen molar-refractivity contribution >= 4 is 18.0 Å². The van der Waals surface area contributed by atoms with Gasteiger partial charge in [0.1, 0.15) is 18.8 Å². The van der Waals surface area contributed by atoms with Crippen molar-refractivity contribution in [2.24, 2.45) is 0 Å². The molecular weight excluding hydrogens is 440 g/mol. The molecule has 2 aromatic carbocycles. The average Bonchev–Trinajstić information content (AvgIpc) is 3.17. The molecule has 9 nitrogen and oxygen atoms in total. The van der Waals surface area contributed by atoms with E-state index in [-0.39, 0.29) is 58.3 Å². The molecule has 0 radical (unpaired) electrons. The maximum absolute atomic E-state index is 12.2. The number of ether oxygens (including phenoxy) is 3. The van der Waals surface area contributed by atoms with Crippen LogP contribution in [-0.2, 0) is 23.8 Å². The molecule has 0 spiro atoms. The van der Waals surface area contributed by atoms with Gasteiger partial charge in [0, 0.05) is 38.5 Å². The minimum Gasteiger partial charge on any atom is -0.480 e. The van der Waals surface area contributed by atoms with E-state index >= 15 is 0 Å². The van der Waals surface area contributed by atoms with Gasteiger partial charge in [0.2, 0.25) is 5.91 Å². The van der Waals surface area contributed by atoms with Gasteiger partial charge in [-0.2, -0.15) is 0 Å². The number of alkyl carbamates (subject to hydrolysis) is 1. The lowest BCUT2D eigenvalue weighted by Crippen LogP contribution is -2.58. The number of nitrogens with one attached hydrogen (secondary N) is 2. The fourth-order valence-corrected chi connectivity index (χ4v) is 4.45. The molecule has 9 heteroatoms. The number of rotatable bonds is 9. The quantitative estimate of drug-likeness (QED) is 0.483. The Bertz CT molecular complexity index is 1000. The summed E-state index contributed by atoms with van der Waals surface area (Å²) >= 11 is 0. The predicted octanol–water partition coefficient (Wildman–Crippen LogP) is 2.29. The molecular formula is C25H28N2O7. The first-order valence-corrected chi connectivity index (χ1v) is 11.3. The number of benzene rings is 2. The van der Waals surface area contributed by atoms with Crippen molar-refractivity contribution < 1.29 is 33.7 Å². The van der Waals surface area contributed by atoms with Crippen LogP contribution in [0.25, 0.3) is 11.1 Å². The van der Waals surface area contributed by atoms with Crippen LogP contribution in [0.4, 0.5) is 4.79 Å². The van der Waals surface area contributed by atoms with Gasteiger partial charge in [0.05, 0.1) is 6.61 Å². The number of hydrogen-bond donors (Lipinski definition) is 3. The molecule has 4 rings (SSSR count). The number of fused-ring (bicyclic) bond motifs is 3.